The Bertz CT molecular complexity index is 900. The highest BCUT2D eigenvalue weighted by molar-refractivity contribution is 6.33. The van der Waals surface area contributed by atoms with E-state index in [0.29, 0.717) is 27.4 Å². The van der Waals surface area contributed by atoms with Crippen molar-refractivity contribution in [2.45, 2.75) is 13.0 Å². The molecule has 1 aromatic heterocycles. The van der Waals surface area contributed by atoms with Crippen LogP contribution in [-0.2, 0) is 0 Å². The van der Waals surface area contributed by atoms with Crippen molar-refractivity contribution in [3.63, 3.8) is 0 Å². The molecule has 3 aromatic rings. The third kappa shape index (κ3) is 3.18. The van der Waals surface area contributed by atoms with Crippen molar-refractivity contribution in [1.82, 2.24) is 4.98 Å². The first-order chi connectivity index (χ1) is 11.5. The normalized spacial score (nSPS) is 12.4. The fraction of sp³-hybridized carbons (Fsp3) is 0.167. The molecule has 0 bridgehead atoms. The number of benzene rings is 2. The van der Waals surface area contributed by atoms with Gasteiger partial charge in [0.1, 0.15) is 17.5 Å². The molecular formula is C18H15ClF2N2O. The number of nitrogens with zero attached hydrogens (tertiary/aromatic N) is 1. The van der Waals surface area contributed by atoms with Crippen molar-refractivity contribution in [3.8, 4) is 11.1 Å². The molecule has 0 aliphatic heterocycles. The van der Waals surface area contributed by atoms with Gasteiger partial charge in [-0.1, -0.05) is 29.8 Å². The molecule has 2 aromatic carbocycles. The standard InChI is InChI=1S/C18H15ClF2N2O/c1-10(24)8-22-18-13-6-11(20)7-16(21)17(13)14(9-23-18)12-4-2-3-5-15(12)19/h2-7,9-10,24H,8H2,1H3,(H,22,23). The van der Waals surface area contributed by atoms with Crippen molar-refractivity contribution >= 4 is 28.2 Å². The highest BCUT2D eigenvalue weighted by atomic mass is 35.5. The maximum atomic E-state index is 14.5. The molecular weight excluding hydrogens is 334 g/mol. The number of aliphatic hydroxyl groups excluding tert-OH is 1. The molecule has 6 heteroatoms. The monoisotopic (exact) mass is 348 g/mol. The topological polar surface area (TPSA) is 45.1 Å². The van der Waals surface area contributed by atoms with Gasteiger partial charge in [0.05, 0.1) is 6.10 Å². The molecule has 3 nitrogen and oxygen atoms in total. The van der Waals surface area contributed by atoms with Crippen LogP contribution in [0.4, 0.5) is 14.6 Å². The molecule has 0 aliphatic carbocycles. The molecule has 3 rings (SSSR count). The fourth-order valence-electron chi connectivity index (χ4n) is 2.57. The third-order valence-electron chi connectivity index (χ3n) is 3.63. The lowest BCUT2D eigenvalue weighted by atomic mass is 9.99. The molecule has 1 unspecified atom stereocenters. The number of rotatable bonds is 4. The summed E-state index contributed by atoms with van der Waals surface area (Å²) in [7, 11) is 0. The second kappa shape index (κ2) is 6.71. The summed E-state index contributed by atoms with van der Waals surface area (Å²) in [5, 5.41) is 13.3. The highest BCUT2D eigenvalue weighted by Gasteiger charge is 2.16. The summed E-state index contributed by atoms with van der Waals surface area (Å²) in [5.74, 6) is -1.08. The van der Waals surface area contributed by atoms with E-state index in [0.717, 1.165) is 6.07 Å². The van der Waals surface area contributed by atoms with E-state index in [4.69, 9.17) is 11.6 Å². The number of nitrogens with one attached hydrogen (secondary N) is 1. The van der Waals surface area contributed by atoms with Crippen LogP contribution in [0.5, 0.6) is 0 Å². The van der Waals surface area contributed by atoms with Crippen LogP contribution in [0.15, 0.2) is 42.6 Å². The highest BCUT2D eigenvalue weighted by Crippen LogP contribution is 2.37. The van der Waals surface area contributed by atoms with E-state index >= 15 is 0 Å². The first-order valence-corrected chi connectivity index (χ1v) is 7.79. The minimum atomic E-state index is -0.696. The molecule has 2 N–H and O–H groups in total. The molecule has 24 heavy (non-hydrogen) atoms. The first kappa shape index (κ1) is 16.6. The molecule has 124 valence electrons. The van der Waals surface area contributed by atoms with Crippen LogP contribution >= 0.6 is 11.6 Å². The molecule has 0 radical (unpaired) electrons. The summed E-state index contributed by atoms with van der Waals surface area (Å²) in [6, 6.07) is 9.07. The van der Waals surface area contributed by atoms with Gasteiger partial charge in [-0.2, -0.15) is 0 Å². The Morgan fingerprint density at radius 3 is 2.67 bits per heavy atom. The summed E-state index contributed by atoms with van der Waals surface area (Å²) in [4.78, 5) is 4.26. The Morgan fingerprint density at radius 2 is 1.96 bits per heavy atom. The van der Waals surface area contributed by atoms with E-state index in [1.165, 1.54) is 12.3 Å². The molecule has 0 fully saturated rings. The van der Waals surface area contributed by atoms with Gasteiger partial charge in [-0.3, -0.25) is 0 Å². The lowest BCUT2D eigenvalue weighted by molar-refractivity contribution is 0.208. The Hall–Kier alpha value is -2.24. The van der Waals surface area contributed by atoms with Crippen LogP contribution < -0.4 is 5.32 Å². The summed E-state index contributed by atoms with van der Waals surface area (Å²) < 4.78 is 28.2. The van der Waals surface area contributed by atoms with Gasteiger partial charge >= 0.3 is 0 Å². The largest absolute Gasteiger partial charge is 0.392 e. The number of fused-ring (bicyclic) bond motifs is 1. The zero-order valence-corrected chi connectivity index (χ0v) is 13.6. The van der Waals surface area contributed by atoms with E-state index in [1.807, 2.05) is 0 Å². The molecule has 0 saturated heterocycles. The Balaban J connectivity index is 2.26. The van der Waals surface area contributed by atoms with E-state index < -0.39 is 17.7 Å². The van der Waals surface area contributed by atoms with E-state index in [2.05, 4.69) is 10.3 Å². The average Bonchev–Trinajstić information content (AvgIpc) is 2.53. The SMILES string of the molecule is CC(O)CNc1ncc(-c2ccccc2Cl)c2c(F)cc(F)cc12. The van der Waals surface area contributed by atoms with Crippen LogP contribution in [0.1, 0.15) is 6.92 Å². The molecule has 0 aliphatic rings. The van der Waals surface area contributed by atoms with Gasteiger partial charge in [-0.05, 0) is 19.1 Å². The lowest BCUT2D eigenvalue weighted by Gasteiger charge is -2.14. The molecule has 1 atom stereocenters. The molecule has 0 saturated carbocycles. The number of aromatic nitrogens is 1. The lowest BCUT2D eigenvalue weighted by Crippen LogP contribution is -2.16. The summed E-state index contributed by atoms with van der Waals surface area (Å²) in [6.07, 6.45) is 0.873. The van der Waals surface area contributed by atoms with Crippen LogP contribution in [0.25, 0.3) is 21.9 Å². The quantitative estimate of drug-likeness (QED) is 0.722. The van der Waals surface area contributed by atoms with Gasteiger partial charge < -0.3 is 10.4 Å². The van der Waals surface area contributed by atoms with E-state index in [-0.39, 0.29) is 11.9 Å². The Labute approximate surface area is 142 Å². The summed E-state index contributed by atoms with van der Waals surface area (Å²) in [6.45, 7) is 1.82. The van der Waals surface area contributed by atoms with Gasteiger partial charge in [0, 0.05) is 45.7 Å². The number of pyridine rings is 1. The van der Waals surface area contributed by atoms with Crippen LogP contribution in [-0.4, -0.2) is 22.7 Å². The number of halogens is 3. The van der Waals surface area contributed by atoms with Gasteiger partial charge in [-0.15, -0.1) is 0 Å². The molecule has 1 heterocycles. The van der Waals surface area contributed by atoms with Gasteiger partial charge in [0.2, 0.25) is 0 Å². The van der Waals surface area contributed by atoms with Crippen molar-refractivity contribution < 1.29 is 13.9 Å². The maximum absolute atomic E-state index is 14.5. The van der Waals surface area contributed by atoms with Crippen LogP contribution in [0.3, 0.4) is 0 Å². The van der Waals surface area contributed by atoms with Gasteiger partial charge in [0.25, 0.3) is 0 Å². The van der Waals surface area contributed by atoms with Crippen molar-refractivity contribution in [3.05, 3.63) is 59.3 Å². The maximum Gasteiger partial charge on any atom is 0.134 e. The zero-order chi connectivity index (χ0) is 17.3. The number of hydrogen-bond donors (Lipinski definition) is 2. The van der Waals surface area contributed by atoms with Gasteiger partial charge in [0.15, 0.2) is 0 Å². The number of anilines is 1. The number of aliphatic hydroxyl groups is 1. The summed E-state index contributed by atoms with van der Waals surface area (Å²) >= 11 is 6.21. The van der Waals surface area contributed by atoms with Gasteiger partial charge in [-0.25, -0.2) is 13.8 Å². The second-order valence-electron chi connectivity index (χ2n) is 5.54. The first-order valence-electron chi connectivity index (χ1n) is 7.42. The fourth-order valence-corrected chi connectivity index (χ4v) is 2.80. The predicted octanol–water partition coefficient (Wildman–Crippen LogP) is 4.63. The smallest absolute Gasteiger partial charge is 0.134 e. The summed E-state index contributed by atoms with van der Waals surface area (Å²) in [5.41, 5.74) is 1.10. The number of hydrogen-bond acceptors (Lipinski definition) is 3. The molecule has 0 amide bonds. The molecule has 0 spiro atoms. The van der Waals surface area contributed by atoms with Crippen molar-refractivity contribution in [2.24, 2.45) is 0 Å². The van der Waals surface area contributed by atoms with Crippen LogP contribution in [0.2, 0.25) is 5.02 Å². The van der Waals surface area contributed by atoms with Crippen LogP contribution in [0, 0.1) is 11.6 Å². The zero-order valence-electron chi connectivity index (χ0n) is 12.9. The average molecular weight is 349 g/mol. The third-order valence-corrected chi connectivity index (χ3v) is 3.96. The minimum Gasteiger partial charge on any atom is -0.392 e. The van der Waals surface area contributed by atoms with Crippen molar-refractivity contribution in [1.29, 1.82) is 0 Å². The minimum absolute atomic E-state index is 0.214. The second-order valence-corrected chi connectivity index (χ2v) is 5.95. The van der Waals surface area contributed by atoms with E-state index in [9.17, 15) is 13.9 Å². The predicted molar refractivity (Wildman–Crippen MR) is 92.3 cm³/mol. The Kier molecular flexibility index (Phi) is 4.64. The van der Waals surface area contributed by atoms with Crippen molar-refractivity contribution in [2.75, 3.05) is 11.9 Å². The van der Waals surface area contributed by atoms with E-state index in [1.54, 1.807) is 31.2 Å². The Morgan fingerprint density at radius 1 is 1.21 bits per heavy atom.